The van der Waals surface area contributed by atoms with Crippen molar-refractivity contribution in [3.05, 3.63) is 0 Å². The minimum Gasteiger partial charge on any atom is -0.368 e. The molecule has 0 spiro atoms. The van der Waals surface area contributed by atoms with Gasteiger partial charge in [0, 0.05) is 0 Å². The van der Waals surface area contributed by atoms with Crippen LogP contribution in [0.2, 0.25) is 0 Å². The molecule has 0 aliphatic carbocycles. The van der Waals surface area contributed by atoms with Gasteiger partial charge in [-0.1, -0.05) is 21.6 Å². The Bertz CT molecular complexity index is 666. The summed E-state index contributed by atoms with van der Waals surface area (Å²) in [5, 5.41) is 0. The monoisotopic (exact) mass is 774 g/mol. The summed E-state index contributed by atoms with van der Waals surface area (Å²) in [6, 6.07) is 0. The molecule has 43 heavy (non-hydrogen) atoms. The first-order valence-corrected chi connectivity index (χ1v) is 27.2. The Balaban J connectivity index is 5.41. The predicted octanol–water partition coefficient (Wildman–Crippen LogP) is 12.2. The lowest BCUT2D eigenvalue weighted by atomic mass is 10.2. The maximum absolute atomic E-state index is 6.70. The molecule has 0 heterocycles. The summed E-state index contributed by atoms with van der Waals surface area (Å²) >= 11 is 0. The highest BCUT2D eigenvalue weighted by Gasteiger charge is 2.56. The molecule has 260 valence electrons. The summed E-state index contributed by atoms with van der Waals surface area (Å²) in [5.41, 5.74) is -2.37. The van der Waals surface area contributed by atoms with Crippen molar-refractivity contribution in [2.45, 2.75) is 182 Å². The standard InChI is InChI=1S/C28H62O6S7Si2/c1-21(42(29-23(3,4)5,30-24(6,7)8)31-25(9,10)11)35-37-39-41-40-38-36-22(2)43(32-26(12,13)14,33-27(15,16)17)34-28(18,19)20/h21-22H,1-20H3. The Kier molecular flexibility index (Phi) is 18.6. The van der Waals surface area contributed by atoms with Gasteiger partial charge in [-0.3, -0.25) is 0 Å². The highest BCUT2D eigenvalue weighted by Crippen LogP contribution is 2.58. The number of hydrogen-bond acceptors (Lipinski definition) is 13. The maximum atomic E-state index is 6.70. The van der Waals surface area contributed by atoms with Gasteiger partial charge in [-0.05, 0) is 188 Å². The Morgan fingerprint density at radius 2 is 0.488 bits per heavy atom. The van der Waals surface area contributed by atoms with Gasteiger partial charge in [0.15, 0.2) is 0 Å². The van der Waals surface area contributed by atoms with E-state index in [2.05, 4.69) is 138 Å². The van der Waals surface area contributed by atoms with Gasteiger partial charge in [0.2, 0.25) is 0 Å². The fourth-order valence-electron chi connectivity index (χ4n) is 3.49. The van der Waals surface area contributed by atoms with Crippen LogP contribution in [-0.2, 0) is 26.6 Å². The summed E-state index contributed by atoms with van der Waals surface area (Å²) in [5.74, 6) is 0. The van der Waals surface area contributed by atoms with E-state index in [-0.39, 0.29) is 9.75 Å². The third-order valence-electron chi connectivity index (χ3n) is 4.16. The molecule has 0 aromatic heterocycles. The minimum absolute atomic E-state index is 0.0283. The lowest BCUT2D eigenvalue weighted by molar-refractivity contribution is -0.0772. The Hall–Kier alpha value is 2.64. The second-order valence-corrected chi connectivity index (χ2v) is 34.3. The Labute approximate surface area is 294 Å². The first-order valence-electron chi connectivity index (χ1n) is 14.7. The van der Waals surface area contributed by atoms with Crippen molar-refractivity contribution >= 4 is 88.3 Å². The Morgan fingerprint density at radius 1 is 0.326 bits per heavy atom. The maximum Gasteiger partial charge on any atom is 0.516 e. The fourth-order valence-corrected chi connectivity index (χ4v) is 29.8. The highest BCUT2D eigenvalue weighted by atomic mass is 33.9. The van der Waals surface area contributed by atoms with Gasteiger partial charge >= 0.3 is 17.6 Å². The van der Waals surface area contributed by atoms with E-state index in [4.69, 9.17) is 26.6 Å². The molecule has 6 nitrogen and oxygen atoms in total. The average molecular weight is 775 g/mol. The van der Waals surface area contributed by atoms with E-state index in [1.807, 2.05) is 0 Å². The van der Waals surface area contributed by atoms with Gasteiger partial charge in [0.1, 0.15) is 0 Å². The molecule has 0 aliphatic heterocycles. The molecule has 0 fully saturated rings. The molecule has 0 rings (SSSR count). The molecule has 0 radical (unpaired) electrons. The van der Waals surface area contributed by atoms with Gasteiger partial charge in [0.05, 0.1) is 43.4 Å². The van der Waals surface area contributed by atoms with E-state index in [9.17, 15) is 0 Å². The van der Waals surface area contributed by atoms with Gasteiger partial charge in [-0.25, -0.2) is 0 Å². The lowest BCUT2D eigenvalue weighted by Crippen LogP contribution is -2.62. The highest BCUT2D eigenvalue weighted by molar-refractivity contribution is 9.46. The van der Waals surface area contributed by atoms with Crippen LogP contribution in [0.4, 0.5) is 0 Å². The SMILES string of the molecule is CC(SSSSSSSC(C)[Si](OC(C)(C)C)(OC(C)(C)C)OC(C)(C)C)[Si](OC(C)(C)C)(OC(C)(C)C)OC(C)(C)C. The van der Waals surface area contributed by atoms with Crippen LogP contribution in [0.25, 0.3) is 0 Å². The molecule has 0 N–H and O–H groups in total. The van der Waals surface area contributed by atoms with Crippen LogP contribution in [0.15, 0.2) is 0 Å². The lowest BCUT2D eigenvalue weighted by Gasteiger charge is -2.45. The topological polar surface area (TPSA) is 55.4 Å². The fraction of sp³-hybridized carbons (Fsp3) is 1.00. The zero-order chi connectivity index (χ0) is 34.3. The van der Waals surface area contributed by atoms with E-state index in [0.717, 1.165) is 0 Å². The first-order chi connectivity index (χ1) is 18.8. The zero-order valence-corrected chi connectivity index (χ0v) is 38.2. The van der Waals surface area contributed by atoms with Crippen LogP contribution in [0.5, 0.6) is 0 Å². The Morgan fingerprint density at radius 3 is 0.651 bits per heavy atom. The molecule has 15 heteroatoms. The summed E-state index contributed by atoms with van der Waals surface area (Å²) < 4.78 is 40.2. The van der Waals surface area contributed by atoms with Gasteiger partial charge in [-0.2, -0.15) is 0 Å². The minimum atomic E-state index is -3.11. The van der Waals surface area contributed by atoms with Crippen molar-refractivity contribution < 1.29 is 26.6 Å². The summed E-state index contributed by atoms with van der Waals surface area (Å²) in [4.78, 5) is 0.0566. The average Bonchev–Trinajstić information content (AvgIpc) is 2.64. The van der Waals surface area contributed by atoms with Crippen LogP contribution in [-0.4, -0.2) is 61.0 Å². The van der Waals surface area contributed by atoms with Gasteiger partial charge in [0.25, 0.3) is 0 Å². The molecule has 0 saturated carbocycles. The molecule has 2 unspecified atom stereocenters. The van der Waals surface area contributed by atoms with E-state index in [1.165, 1.54) is 0 Å². The van der Waals surface area contributed by atoms with Gasteiger partial charge in [-0.15, -0.1) is 0 Å². The van der Waals surface area contributed by atoms with E-state index < -0.39 is 51.2 Å². The van der Waals surface area contributed by atoms with Crippen LogP contribution in [0.3, 0.4) is 0 Å². The van der Waals surface area contributed by atoms with E-state index in [0.29, 0.717) is 0 Å². The first kappa shape index (κ1) is 45.6. The smallest absolute Gasteiger partial charge is 0.368 e. The number of hydrogen-bond donors (Lipinski definition) is 0. The third-order valence-corrected chi connectivity index (χ3v) is 28.2. The molecule has 0 aliphatic rings. The molecule has 0 amide bonds. The molecule has 2 atom stereocenters. The van der Waals surface area contributed by atoms with Crippen molar-refractivity contribution in [3.8, 4) is 0 Å². The second kappa shape index (κ2) is 17.5. The normalized spacial score (nSPS) is 16.5. The quantitative estimate of drug-likeness (QED) is 0.0850. The third kappa shape index (κ3) is 22.1. The molecular formula is C28H62O6S7Si2. The molecule has 0 aromatic rings. The number of rotatable bonds is 16. The van der Waals surface area contributed by atoms with Crippen LogP contribution < -0.4 is 0 Å². The van der Waals surface area contributed by atoms with Crippen LogP contribution in [0, 0.1) is 0 Å². The van der Waals surface area contributed by atoms with Crippen LogP contribution >= 0.6 is 70.7 Å². The van der Waals surface area contributed by atoms with Crippen molar-refractivity contribution in [1.29, 1.82) is 0 Å². The molecular weight excluding hydrogens is 713 g/mol. The zero-order valence-electron chi connectivity index (χ0n) is 30.5. The van der Waals surface area contributed by atoms with E-state index >= 15 is 0 Å². The molecule has 0 aromatic carbocycles. The van der Waals surface area contributed by atoms with Gasteiger partial charge < -0.3 is 26.6 Å². The summed E-state index contributed by atoms with van der Waals surface area (Å²) in [6.07, 6.45) is 0. The van der Waals surface area contributed by atoms with Crippen molar-refractivity contribution in [1.82, 2.24) is 0 Å². The van der Waals surface area contributed by atoms with E-state index in [1.54, 1.807) is 70.7 Å². The van der Waals surface area contributed by atoms with Crippen LogP contribution in [0.1, 0.15) is 138 Å². The predicted molar refractivity (Wildman–Crippen MR) is 209 cm³/mol. The largest absolute Gasteiger partial charge is 0.516 e. The van der Waals surface area contributed by atoms with Crippen molar-refractivity contribution in [2.75, 3.05) is 0 Å². The van der Waals surface area contributed by atoms with Crippen molar-refractivity contribution in [3.63, 3.8) is 0 Å². The summed E-state index contributed by atoms with van der Waals surface area (Å²) in [7, 11) is 5.98. The second-order valence-electron chi connectivity index (χ2n) is 16.3. The molecule has 0 saturated heterocycles. The van der Waals surface area contributed by atoms with Crippen molar-refractivity contribution in [2.24, 2.45) is 0 Å². The summed E-state index contributed by atoms with van der Waals surface area (Å²) in [6.45, 7) is 41.5. The molecule has 0 bridgehead atoms.